The lowest BCUT2D eigenvalue weighted by Gasteiger charge is -2.24. The van der Waals surface area contributed by atoms with Gasteiger partial charge in [-0.3, -0.25) is 4.79 Å². The van der Waals surface area contributed by atoms with Crippen molar-refractivity contribution in [1.29, 1.82) is 0 Å². The zero-order chi connectivity index (χ0) is 19.5. The molecule has 0 aliphatic carbocycles. The summed E-state index contributed by atoms with van der Waals surface area (Å²) in [5.41, 5.74) is 1.58. The molecule has 148 valence electrons. The van der Waals surface area contributed by atoms with Crippen LogP contribution in [0.15, 0.2) is 36.4 Å². The highest BCUT2D eigenvalue weighted by Crippen LogP contribution is 2.24. The average molecular weight is 403 g/mol. The summed E-state index contributed by atoms with van der Waals surface area (Å²) in [5, 5.41) is 0.357. The van der Waals surface area contributed by atoms with Crippen molar-refractivity contribution in [2.75, 3.05) is 49.1 Å². The Kier molecular flexibility index (Phi) is 5.67. The van der Waals surface area contributed by atoms with Crippen molar-refractivity contribution < 1.29 is 9.18 Å². The molecule has 2 aliphatic heterocycles. The van der Waals surface area contributed by atoms with Crippen LogP contribution in [0, 0.1) is 5.82 Å². The molecule has 0 radical (unpaired) electrons. The van der Waals surface area contributed by atoms with E-state index < -0.39 is 0 Å². The summed E-state index contributed by atoms with van der Waals surface area (Å²) in [4.78, 5) is 23.8. The minimum absolute atomic E-state index is 0.00861. The molecule has 4 rings (SSSR count). The van der Waals surface area contributed by atoms with Crippen LogP contribution >= 0.6 is 11.6 Å². The third-order valence-corrected chi connectivity index (χ3v) is 5.63. The third kappa shape index (κ3) is 4.22. The summed E-state index contributed by atoms with van der Waals surface area (Å²) < 4.78 is 13.2. The van der Waals surface area contributed by atoms with E-state index in [2.05, 4.69) is 14.8 Å². The Morgan fingerprint density at radius 1 is 0.893 bits per heavy atom. The van der Waals surface area contributed by atoms with E-state index in [0.717, 1.165) is 56.9 Å². The van der Waals surface area contributed by atoms with Crippen LogP contribution in [0.3, 0.4) is 0 Å². The van der Waals surface area contributed by atoms with Gasteiger partial charge in [0.25, 0.3) is 5.91 Å². The van der Waals surface area contributed by atoms with Crippen LogP contribution in [0.1, 0.15) is 29.6 Å². The number of carbonyl (C=O) groups is 1. The van der Waals surface area contributed by atoms with Gasteiger partial charge in [0.1, 0.15) is 16.8 Å². The molecule has 5 nitrogen and oxygen atoms in total. The summed E-state index contributed by atoms with van der Waals surface area (Å²) in [5.74, 6) is 0.542. The lowest BCUT2D eigenvalue weighted by molar-refractivity contribution is 0.0767. The van der Waals surface area contributed by atoms with E-state index in [-0.39, 0.29) is 11.7 Å². The van der Waals surface area contributed by atoms with Crippen molar-refractivity contribution in [2.45, 2.75) is 19.3 Å². The van der Waals surface area contributed by atoms with E-state index in [4.69, 9.17) is 11.6 Å². The fraction of sp³-hybridized carbons (Fsp3) is 0.429. The normalized spacial score (nSPS) is 17.7. The molecule has 28 heavy (non-hydrogen) atoms. The van der Waals surface area contributed by atoms with Gasteiger partial charge in [-0.15, -0.1) is 0 Å². The van der Waals surface area contributed by atoms with Crippen molar-refractivity contribution in [1.82, 2.24) is 9.88 Å². The van der Waals surface area contributed by atoms with E-state index >= 15 is 0 Å². The second-order valence-electron chi connectivity index (χ2n) is 7.34. The van der Waals surface area contributed by atoms with Gasteiger partial charge in [-0.25, -0.2) is 9.37 Å². The maximum absolute atomic E-state index is 13.2. The number of nitrogens with zero attached hydrogens (tertiary/aromatic N) is 4. The van der Waals surface area contributed by atoms with Crippen LogP contribution in [0.25, 0.3) is 0 Å². The van der Waals surface area contributed by atoms with E-state index in [0.29, 0.717) is 23.8 Å². The number of anilines is 2. The summed E-state index contributed by atoms with van der Waals surface area (Å²) >= 11 is 6.21. The fourth-order valence-electron chi connectivity index (χ4n) is 3.93. The largest absolute Gasteiger partial charge is 0.370 e. The number of pyridine rings is 1. The van der Waals surface area contributed by atoms with Gasteiger partial charge in [0, 0.05) is 50.5 Å². The van der Waals surface area contributed by atoms with Crippen LogP contribution in [0.4, 0.5) is 15.9 Å². The number of halogens is 2. The fourth-order valence-corrected chi connectivity index (χ4v) is 4.13. The Bertz CT molecular complexity index is 839. The monoisotopic (exact) mass is 402 g/mol. The molecule has 0 spiro atoms. The molecule has 3 heterocycles. The Morgan fingerprint density at radius 3 is 2.36 bits per heavy atom. The number of hydrogen-bond donors (Lipinski definition) is 0. The van der Waals surface area contributed by atoms with E-state index in [9.17, 15) is 9.18 Å². The molecule has 2 fully saturated rings. The number of rotatable bonds is 3. The summed E-state index contributed by atoms with van der Waals surface area (Å²) in [6.07, 6.45) is 3.15. The maximum atomic E-state index is 13.2. The smallest absolute Gasteiger partial charge is 0.254 e. The molecule has 1 amide bonds. The quantitative estimate of drug-likeness (QED) is 0.731. The molecule has 0 unspecified atom stereocenters. The minimum atomic E-state index is -0.237. The van der Waals surface area contributed by atoms with Crippen molar-refractivity contribution in [3.63, 3.8) is 0 Å². The highest BCUT2D eigenvalue weighted by Gasteiger charge is 2.23. The lowest BCUT2D eigenvalue weighted by Crippen LogP contribution is -2.35. The van der Waals surface area contributed by atoms with Gasteiger partial charge in [0.2, 0.25) is 0 Å². The van der Waals surface area contributed by atoms with Gasteiger partial charge in [-0.2, -0.15) is 0 Å². The van der Waals surface area contributed by atoms with Gasteiger partial charge < -0.3 is 14.7 Å². The standard InChI is InChI=1S/C21H24ClFN4O/c22-19-14-16(15-20(24-19)26-8-1-2-9-26)21(28)27-11-3-10-25(12-13-27)18-6-4-17(23)5-7-18/h4-7,14-15H,1-3,8-13H2. The number of benzene rings is 1. The summed E-state index contributed by atoms with van der Waals surface area (Å²) in [6, 6.07) is 10.0. The number of amides is 1. The van der Waals surface area contributed by atoms with Gasteiger partial charge in [-0.1, -0.05) is 11.6 Å². The van der Waals surface area contributed by atoms with E-state index in [1.807, 2.05) is 11.0 Å². The number of hydrogen-bond acceptors (Lipinski definition) is 4. The van der Waals surface area contributed by atoms with E-state index in [1.165, 1.54) is 12.1 Å². The predicted octanol–water partition coefficient (Wildman–Crippen LogP) is 3.83. The van der Waals surface area contributed by atoms with Crippen LogP contribution in [0.2, 0.25) is 5.15 Å². The topological polar surface area (TPSA) is 39.7 Å². The Morgan fingerprint density at radius 2 is 1.61 bits per heavy atom. The first-order chi connectivity index (χ1) is 13.6. The minimum Gasteiger partial charge on any atom is -0.370 e. The highest BCUT2D eigenvalue weighted by molar-refractivity contribution is 6.29. The molecular weight excluding hydrogens is 379 g/mol. The Hall–Kier alpha value is -2.34. The molecule has 0 atom stereocenters. The Balaban J connectivity index is 1.47. The lowest BCUT2D eigenvalue weighted by atomic mass is 10.2. The van der Waals surface area contributed by atoms with Gasteiger partial charge in [0.05, 0.1) is 0 Å². The molecule has 7 heteroatoms. The average Bonchev–Trinajstić information content (AvgIpc) is 3.13. The molecular formula is C21H24ClFN4O. The zero-order valence-electron chi connectivity index (χ0n) is 15.8. The Labute approximate surface area is 169 Å². The second kappa shape index (κ2) is 8.35. The first-order valence-corrected chi connectivity index (χ1v) is 10.2. The molecule has 2 saturated heterocycles. The van der Waals surface area contributed by atoms with Gasteiger partial charge >= 0.3 is 0 Å². The van der Waals surface area contributed by atoms with Crippen molar-refractivity contribution in [3.8, 4) is 0 Å². The molecule has 0 bridgehead atoms. The summed E-state index contributed by atoms with van der Waals surface area (Å²) in [7, 11) is 0. The van der Waals surface area contributed by atoms with Gasteiger partial charge in [0.15, 0.2) is 0 Å². The first kappa shape index (κ1) is 19.0. The molecule has 1 aromatic carbocycles. The molecule has 0 N–H and O–H groups in total. The van der Waals surface area contributed by atoms with Crippen LogP contribution in [-0.4, -0.2) is 55.1 Å². The van der Waals surface area contributed by atoms with Gasteiger partial charge in [-0.05, 0) is 55.7 Å². The summed E-state index contributed by atoms with van der Waals surface area (Å²) in [6.45, 7) is 4.78. The van der Waals surface area contributed by atoms with Crippen molar-refractivity contribution >= 4 is 29.0 Å². The van der Waals surface area contributed by atoms with Crippen LogP contribution in [0.5, 0.6) is 0 Å². The highest BCUT2D eigenvalue weighted by atomic mass is 35.5. The van der Waals surface area contributed by atoms with E-state index in [1.54, 1.807) is 18.2 Å². The number of aromatic nitrogens is 1. The molecule has 0 saturated carbocycles. The molecule has 2 aliphatic rings. The third-order valence-electron chi connectivity index (χ3n) is 5.43. The van der Waals surface area contributed by atoms with Crippen molar-refractivity contribution in [2.24, 2.45) is 0 Å². The molecule has 2 aromatic rings. The second-order valence-corrected chi connectivity index (χ2v) is 7.73. The first-order valence-electron chi connectivity index (χ1n) is 9.82. The number of carbonyl (C=O) groups excluding carboxylic acids is 1. The van der Waals surface area contributed by atoms with Crippen LogP contribution in [-0.2, 0) is 0 Å². The predicted molar refractivity (Wildman–Crippen MR) is 110 cm³/mol. The van der Waals surface area contributed by atoms with Crippen molar-refractivity contribution in [3.05, 3.63) is 52.9 Å². The zero-order valence-corrected chi connectivity index (χ0v) is 16.5. The SMILES string of the molecule is O=C(c1cc(Cl)nc(N2CCCC2)c1)N1CCCN(c2ccc(F)cc2)CC1. The maximum Gasteiger partial charge on any atom is 0.254 e. The van der Waals surface area contributed by atoms with Crippen LogP contribution < -0.4 is 9.80 Å². The molecule has 1 aromatic heterocycles.